The van der Waals surface area contributed by atoms with E-state index in [1.54, 1.807) is 18.2 Å². The van der Waals surface area contributed by atoms with Crippen molar-refractivity contribution in [3.63, 3.8) is 0 Å². The fourth-order valence-corrected chi connectivity index (χ4v) is 2.95. The summed E-state index contributed by atoms with van der Waals surface area (Å²) < 4.78 is 39.4. The van der Waals surface area contributed by atoms with Crippen LogP contribution in [-0.2, 0) is 17.5 Å². The van der Waals surface area contributed by atoms with Crippen LogP contribution in [0.2, 0.25) is 10.0 Å². The molecule has 10 heteroatoms. The molecule has 2 aromatic rings. The van der Waals surface area contributed by atoms with E-state index in [1.807, 2.05) is 0 Å². The van der Waals surface area contributed by atoms with Gasteiger partial charge in [0.15, 0.2) is 5.69 Å². The first-order valence-corrected chi connectivity index (χ1v) is 8.20. The van der Waals surface area contributed by atoms with Gasteiger partial charge in [0, 0.05) is 6.42 Å². The van der Waals surface area contributed by atoms with Gasteiger partial charge in [-0.05, 0) is 35.0 Å². The summed E-state index contributed by atoms with van der Waals surface area (Å²) in [5, 5.41) is 6.59. The Morgan fingerprint density at radius 1 is 1.33 bits per heavy atom. The van der Waals surface area contributed by atoms with E-state index >= 15 is 0 Å². The van der Waals surface area contributed by atoms with Crippen LogP contribution in [0.25, 0.3) is 0 Å². The highest BCUT2D eigenvalue weighted by Crippen LogP contribution is 2.35. The molecule has 2 rings (SSSR count). The van der Waals surface area contributed by atoms with Gasteiger partial charge in [0.25, 0.3) is 0 Å². The van der Waals surface area contributed by atoms with E-state index in [0.29, 0.717) is 0 Å². The van der Waals surface area contributed by atoms with Crippen molar-refractivity contribution in [2.24, 2.45) is 0 Å². The van der Waals surface area contributed by atoms with Crippen molar-refractivity contribution >= 4 is 50.7 Å². The van der Waals surface area contributed by atoms with Crippen LogP contribution in [0.3, 0.4) is 0 Å². The quantitative estimate of drug-likeness (QED) is 0.694. The molecule has 0 atom stereocenters. The van der Waals surface area contributed by atoms with E-state index in [-0.39, 0.29) is 38.9 Å². The molecule has 0 aliphatic rings. The van der Waals surface area contributed by atoms with E-state index < -0.39 is 17.8 Å². The lowest BCUT2D eigenvalue weighted by Crippen LogP contribution is -2.16. The number of nitrogens with one attached hydrogen (secondary N) is 1. The molecular formula is C14H11BrCl2F3N3O. The Balaban J connectivity index is 2.08. The summed E-state index contributed by atoms with van der Waals surface area (Å²) in [6.45, 7) is 1.46. The first-order valence-electron chi connectivity index (χ1n) is 6.65. The number of hydrogen-bond donors (Lipinski definition) is 1. The number of carbonyl (C=O) groups is 1. The van der Waals surface area contributed by atoms with Crippen molar-refractivity contribution in [3.05, 3.63) is 44.1 Å². The van der Waals surface area contributed by atoms with Gasteiger partial charge in [-0.3, -0.25) is 9.48 Å². The summed E-state index contributed by atoms with van der Waals surface area (Å²) >= 11 is 14.8. The minimum atomic E-state index is -4.57. The lowest BCUT2D eigenvalue weighted by Gasteiger charge is -2.09. The third-order valence-electron chi connectivity index (χ3n) is 3.18. The summed E-state index contributed by atoms with van der Waals surface area (Å²) in [6, 6.07) is 4.75. The number of aryl methyl sites for hydroxylation is 1. The predicted molar refractivity (Wildman–Crippen MR) is 89.4 cm³/mol. The lowest BCUT2D eigenvalue weighted by atomic mass is 10.3. The van der Waals surface area contributed by atoms with Gasteiger partial charge in [-0.15, -0.1) is 0 Å². The highest BCUT2D eigenvalue weighted by molar-refractivity contribution is 9.10. The monoisotopic (exact) mass is 443 g/mol. The van der Waals surface area contributed by atoms with Gasteiger partial charge in [0.2, 0.25) is 5.91 Å². The average Bonchev–Trinajstić information content (AvgIpc) is 2.77. The number of aromatic nitrogens is 2. The topological polar surface area (TPSA) is 46.9 Å². The third kappa shape index (κ3) is 4.23. The lowest BCUT2D eigenvalue weighted by molar-refractivity contribution is -0.142. The first kappa shape index (κ1) is 19.1. The van der Waals surface area contributed by atoms with Crippen LogP contribution in [0.4, 0.5) is 18.9 Å². The van der Waals surface area contributed by atoms with Crippen molar-refractivity contribution in [2.75, 3.05) is 5.32 Å². The number of benzene rings is 1. The van der Waals surface area contributed by atoms with Crippen LogP contribution in [0.15, 0.2) is 22.7 Å². The second kappa shape index (κ2) is 7.33. The minimum absolute atomic E-state index is 0.0194. The van der Waals surface area contributed by atoms with E-state index in [9.17, 15) is 18.0 Å². The van der Waals surface area contributed by atoms with Gasteiger partial charge in [0.05, 0.1) is 32.4 Å². The maximum atomic E-state index is 12.8. The number of carbonyl (C=O) groups excluding carboxylic acids is 1. The van der Waals surface area contributed by atoms with Crippen molar-refractivity contribution < 1.29 is 18.0 Å². The van der Waals surface area contributed by atoms with Gasteiger partial charge in [0.1, 0.15) is 0 Å². The molecule has 0 radical (unpaired) electrons. The van der Waals surface area contributed by atoms with Crippen LogP contribution in [-0.4, -0.2) is 15.7 Å². The van der Waals surface area contributed by atoms with E-state index in [0.717, 1.165) is 4.68 Å². The predicted octanol–water partition coefficient (Wildman–Crippen LogP) is 5.31. The number of rotatable bonds is 4. The zero-order valence-corrected chi connectivity index (χ0v) is 15.3. The summed E-state index contributed by atoms with van der Waals surface area (Å²) in [5.74, 6) is -0.440. The Labute approximate surface area is 154 Å². The zero-order valence-electron chi connectivity index (χ0n) is 12.2. The highest BCUT2D eigenvalue weighted by atomic mass is 79.9. The molecule has 1 aromatic carbocycles. The number of halogens is 6. The van der Waals surface area contributed by atoms with E-state index in [1.165, 1.54) is 6.92 Å². The molecule has 0 unspecified atom stereocenters. The van der Waals surface area contributed by atoms with Gasteiger partial charge < -0.3 is 5.32 Å². The minimum Gasteiger partial charge on any atom is -0.323 e. The number of amides is 1. The average molecular weight is 445 g/mol. The highest BCUT2D eigenvalue weighted by Gasteiger charge is 2.37. The molecule has 24 heavy (non-hydrogen) atoms. The summed E-state index contributed by atoms with van der Waals surface area (Å²) in [7, 11) is 0. The Morgan fingerprint density at radius 2 is 1.92 bits per heavy atom. The van der Waals surface area contributed by atoms with Crippen LogP contribution >= 0.6 is 39.1 Å². The van der Waals surface area contributed by atoms with Gasteiger partial charge >= 0.3 is 6.18 Å². The number of anilines is 1. The number of alkyl halides is 3. The van der Waals surface area contributed by atoms with Crippen LogP contribution < -0.4 is 5.32 Å². The molecule has 0 spiro atoms. The number of para-hydroxylation sites is 1. The van der Waals surface area contributed by atoms with Gasteiger partial charge in [-0.25, -0.2) is 0 Å². The van der Waals surface area contributed by atoms with Crippen molar-refractivity contribution in [2.45, 2.75) is 26.1 Å². The molecule has 4 nitrogen and oxygen atoms in total. The first-order chi connectivity index (χ1) is 11.1. The Morgan fingerprint density at radius 3 is 2.42 bits per heavy atom. The van der Waals surface area contributed by atoms with Crippen LogP contribution in [0, 0.1) is 6.92 Å². The Kier molecular flexibility index (Phi) is 5.83. The summed E-state index contributed by atoms with van der Waals surface area (Å²) in [5.41, 5.74) is -0.472. The summed E-state index contributed by atoms with van der Waals surface area (Å²) in [6.07, 6.45) is -4.66. The second-order valence-electron chi connectivity index (χ2n) is 4.86. The third-order valence-corrected chi connectivity index (χ3v) is 4.76. The molecule has 0 saturated heterocycles. The molecule has 1 amide bonds. The molecule has 1 heterocycles. The molecule has 1 aromatic heterocycles. The maximum absolute atomic E-state index is 12.8. The molecule has 0 bridgehead atoms. The molecular weight excluding hydrogens is 434 g/mol. The van der Waals surface area contributed by atoms with Gasteiger partial charge in [-0.2, -0.15) is 18.3 Å². The summed E-state index contributed by atoms with van der Waals surface area (Å²) in [4.78, 5) is 12.0. The van der Waals surface area contributed by atoms with Gasteiger partial charge in [-0.1, -0.05) is 29.3 Å². The molecule has 130 valence electrons. The largest absolute Gasteiger partial charge is 0.436 e. The molecule has 0 aliphatic carbocycles. The Bertz CT molecular complexity index is 757. The molecule has 0 saturated carbocycles. The molecule has 1 N–H and O–H groups in total. The molecule has 0 aliphatic heterocycles. The maximum Gasteiger partial charge on any atom is 0.436 e. The van der Waals surface area contributed by atoms with E-state index in [2.05, 4.69) is 26.3 Å². The second-order valence-corrected chi connectivity index (χ2v) is 6.47. The van der Waals surface area contributed by atoms with Crippen molar-refractivity contribution in [3.8, 4) is 0 Å². The fraction of sp³-hybridized carbons (Fsp3) is 0.286. The normalized spacial score (nSPS) is 11.6. The van der Waals surface area contributed by atoms with E-state index in [4.69, 9.17) is 23.2 Å². The molecule has 0 fully saturated rings. The SMILES string of the molecule is Cc1c(Br)c(C(F)(F)F)nn1CCC(=O)Nc1c(Cl)cccc1Cl. The zero-order chi connectivity index (χ0) is 18.1. The fourth-order valence-electron chi connectivity index (χ4n) is 1.95. The Hall–Kier alpha value is -1.25. The smallest absolute Gasteiger partial charge is 0.323 e. The number of nitrogens with zero attached hydrogens (tertiary/aromatic N) is 2. The number of hydrogen-bond acceptors (Lipinski definition) is 2. The van der Waals surface area contributed by atoms with Crippen molar-refractivity contribution in [1.82, 2.24) is 9.78 Å². The standard InChI is InChI=1S/C14H11BrCl2F3N3O/c1-7-11(15)13(14(18,19)20)22-23(7)6-5-10(24)21-12-8(16)3-2-4-9(12)17/h2-4H,5-6H2,1H3,(H,21,24). The van der Waals surface area contributed by atoms with Crippen molar-refractivity contribution in [1.29, 1.82) is 0 Å². The van der Waals surface area contributed by atoms with Crippen LogP contribution in [0.1, 0.15) is 17.8 Å². The van der Waals surface area contributed by atoms with Crippen LogP contribution in [0.5, 0.6) is 0 Å².